The second-order valence-corrected chi connectivity index (χ2v) is 6.07. The summed E-state index contributed by atoms with van der Waals surface area (Å²) in [6.45, 7) is 2.91. The second-order valence-electron chi connectivity index (χ2n) is 6.07. The molecular formula is C19H22FN5O. The lowest BCUT2D eigenvalue weighted by molar-refractivity contribution is 0.199. The lowest BCUT2D eigenvalue weighted by atomic mass is 10.2. The molecule has 2 aromatic rings. The van der Waals surface area contributed by atoms with Gasteiger partial charge in [0.15, 0.2) is 5.96 Å². The number of halogens is 1. The minimum absolute atomic E-state index is 0.111. The summed E-state index contributed by atoms with van der Waals surface area (Å²) < 4.78 is 13.0. The molecule has 26 heavy (non-hydrogen) atoms. The Morgan fingerprint density at radius 1 is 1.04 bits per heavy atom. The van der Waals surface area contributed by atoms with Crippen LogP contribution in [-0.2, 0) is 6.54 Å². The van der Waals surface area contributed by atoms with Crippen LogP contribution in [0.15, 0.2) is 59.6 Å². The van der Waals surface area contributed by atoms with E-state index in [4.69, 9.17) is 5.73 Å². The van der Waals surface area contributed by atoms with Crippen LogP contribution in [0.3, 0.4) is 0 Å². The number of urea groups is 1. The number of hydrogen-bond donors (Lipinski definition) is 2. The highest BCUT2D eigenvalue weighted by Crippen LogP contribution is 2.16. The third kappa shape index (κ3) is 4.72. The fraction of sp³-hybridized carbons (Fsp3) is 0.263. The number of carbonyl (C=O) groups is 1. The second kappa shape index (κ2) is 8.33. The summed E-state index contributed by atoms with van der Waals surface area (Å²) in [6, 6.07) is 15.8. The SMILES string of the molecule is NC(=NCc1ccccc1)NC(=O)N1CCN(c2ccc(F)cc2)CC1. The molecule has 3 N–H and O–H groups in total. The van der Waals surface area contributed by atoms with Crippen molar-refractivity contribution in [2.45, 2.75) is 6.54 Å². The van der Waals surface area contributed by atoms with Crippen molar-refractivity contribution < 1.29 is 9.18 Å². The predicted octanol–water partition coefficient (Wildman–Crippen LogP) is 2.17. The zero-order chi connectivity index (χ0) is 18.4. The van der Waals surface area contributed by atoms with Crippen molar-refractivity contribution in [1.29, 1.82) is 0 Å². The zero-order valence-corrected chi connectivity index (χ0v) is 14.4. The van der Waals surface area contributed by atoms with Gasteiger partial charge in [-0.15, -0.1) is 0 Å². The van der Waals surface area contributed by atoms with E-state index in [9.17, 15) is 9.18 Å². The van der Waals surface area contributed by atoms with Gasteiger partial charge in [-0.05, 0) is 29.8 Å². The molecule has 2 aromatic carbocycles. The van der Waals surface area contributed by atoms with E-state index in [-0.39, 0.29) is 17.8 Å². The van der Waals surface area contributed by atoms with Crippen LogP contribution in [0.1, 0.15) is 5.56 Å². The number of hydrogen-bond acceptors (Lipinski definition) is 3. The molecule has 0 aliphatic carbocycles. The maximum Gasteiger partial charge on any atom is 0.324 e. The average Bonchev–Trinajstić information content (AvgIpc) is 2.68. The number of nitrogens with zero attached hydrogens (tertiary/aromatic N) is 3. The number of guanidine groups is 1. The Hall–Kier alpha value is -3.09. The number of anilines is 1. The number of nitrogens with one attached hydrogen (secondary N) is 1. The lowest BCUT2D eigenvalue weighted by Crippen LogP contribution is -2.54. The highest BCUT2D eigenvalue weighted by molar-refractivity contribution is 5.95. The van der Waals surface area contributed by atoms with Gasteiger partial charge in [0.05, 0.1) is 6.54 Å². The van der Waals surface area contributed by atoms with Crippen molar-refractivity contribution in [3.8, 4) is 0 Å². The quantitative estimate of drug-likeness (QED) is 0.655. The third-order valence-electron chi connectivity index (χ3n) is 4.27. The van der Waals surface area contributed by atoms with Crippen LogP contribution < -0.4 is 16.0 Å². The molecule has 1 heterocycles. The molecule has 0 aromatic heterocycles. The molecule has 136 valence electrons. The fourth-order valence-corrected chi connectivity index (χ4v) is 2.81. The van der Waals surface area contributed by atoms with E-state index in [1.54, 1.807) is 17.0 Å². The van der Waals surface area contributed by atoms with Gasteiger partial charge in [0.2, 0.25) is 0 Å². The van der Waals surface area contributed by atoms with E-state index in [2.05, 4.69) is 15.2 Å². The molecule has 1 aliphatic rings. The smallest absolute Gasteiger partial charge is 0.324 e. The fourth-order valence-electron chi connectivity index (χ4n) is 2.81. The molecule has 0 spiro atoms. The van der Waals surface area contributed by atoms with Gasteiger partial charge >= 0.3 is 6.03 Å². The van der Waals surface area contributed by atoms with Gasteiger partial charge < -0.3 is 15.5 Å². The van der Waals surface area contributed by atoms with Crippen LogP contribution in [-0.4, -0.2) is 43.1 Å². The van der Waals surface area contributed by atoms with Gasteiger partial charge in [0.25, 0.3) is 0 Å². The first-order chi connectivity index (χ1) is 12.6. The van der Waals surface area contributed by atoms with Crippen LogP contribution in [0.2, 0.25) is 0 Å². The highest BCUT2D eigenvalue weighted by atomic mass is 19.1. The Morgan fingerprint density at radius 3 is 2.35 bits per heavy atom. The summed E-state index contributed by atoms with van der Waals surface area (Å²) in [4.78, 5) is 20.3. The number of benzene rings is 2. The van der Waals surface area contributed by atoms with Crippen molar-refractivity contribution in [1.82, 2.24) is 10.2 Å². The van der Waals surface area contributed by atoms with Crippen LogP contribution in [0.25, 0.3) is 0 Å². The average molecular weight is 355 g/mol. The van der Waals surface area contributed by atoms with Crippen LogP contribution in [0.5, 0.6) is 0 Å². The summed E-state index contributed by atoms with van der Waals surface area (Å²) >= 11 is 0. The van der Waals surface area contributed by atoms with E-state index in [1.165, 1.54) is 12.1 Å². The largest absolute Gasteiger partial charge is 0.370 e. The molecule has 1 aliphatic heterocycles. The van der Waals surface area contributed by atoms with Crippen molar-refractivity contribution in [2.75, 3.05) is 31.1 Å². The number of aliphatic imine (C=N–C) groups is 1. The minimum atomic E-state index is -0.253. The highest BCUT2D eigenvalue weighted by Gasteiger charge is 2.21. The summed E-state index contributed by atoms with van der Waals surface area (Å²) in [6.07, 6.45) is 0. The first-order valence-corrected chi connectivity index (χ1v) is 8.52. The summed E-state index contributed by atoms with van der Waals surface area (Å²) in [5.74, 6) is -0.142. The maximum absolute atomic E-state index is 13.0. The number of amides is 2. The van der Waals surface area contributed by atoms with Crippen molar-refractivity contribution >= 4 is 17.7 Å². The topological polar surface area (TPSA) is 74.0 Å². The summed E-state index contributed by atoms with van der Waals surface area (Å²) in [5.41, 5.74) is 7.79. The molecule has 1 fully saturated rings. The van der Waals surface area contributed by atoms with Crippen LogP contribution >= 0.6 is 0 Å². The lowest BCUT2D eigenvalue weighted by Gasteiger charge is -2.36. The Bertz CT molecular complexity index is 755. The first-order valence-electron chi connectivity index (χ1n) is 8.52. The number of rotatable bonds is 3. The zero-order valence-electron chi connectivity index (χ0n) is 14.4. The predicted molar refractivity (Wildman–Crippen MR) is 100 cm³/mol. The van der Waals surface area contributed by atoms with E-state index in [0.717, 1.165) is 11.3 Å². The molecule has 0 atom stereocenters. The van der Waals surface area contributed by atoms with Crippen molar-refractivity contribution in [2.24, 2.45) is 10.7 Å². The van der Waals surface area contributed by atoms with Gasteiger partial charge in [-0.3, -0.25) is 5.32 Å². The molecule has 0 bridgehead atoms. The number of carbonyl (C=O) groups excluding carboxylic acids is 1. The van der Waals surface area contributed by atoms with Gasteiger partial charge in [-0.1, -0.05) is 30.3 Å². The number of nitrogens with two attached hydrogens (primary N) is 1. The van der Waals surface area contributed by atoms with Crippen molar-refractivity contribution in [3.63, 3.8) is 0 Å². The Kier molecular flexibility index (Phi) is 5.68. The molecule has 7 heteroatoms. The number of piperazine rings is 1. The Morgan fingerprint density at radius 2 is 1.69 bits per heavy atom. The normalized spacial score (nSPS) is 15.0. The summed E-state index contributed by atoms with van der Waals surface area (Å²) in [5, 5.41) is 2.63. The first kappa shape index (κ1) is 17.7. The molecule has 0 saturated carbocycles. The van der Waals surface area contributed by atoms with Gasteiger partial charge in [0.1, 0.15) is 5.82 Å². The van der Waals surface area contributed by atoms with Crippen LogP contribution in [0, 0.1) is 5.82 Å². The molecular weight excluding hydrogens is 333 g/mol. The maximum atomic E-state index is 13.0. The minimum Gasteiger partial charge on any atom is -0.370 e. The molecule has 2 amide bonds. The van der Waals surface area contributed by atoms with Crippen LogP contribution in [0.4, 0.5) is 14.9 Å². The van der Waals surface area contributed by atoms with E-state index < -0.39 is 0 Å². The Balaban J connectivity index is 1.48. The van der Waals surface area contributed by atoms with Crippen molar-refractivity contribution in [3.05, 3.63) is 66.0 Å². The van der Waals surface area contributed by atoms with E-state index >= 15 is 0 Å². The molecule has 0 unspecified atom stereocenters. The Labute approximate surface area is 152 Å². The molecule has 1 saturated heterocycles. The van der Waals surface area contributed by atoms with E-state index in [1.807, 2.05) is 30.3 Å². The molecule has 6 nitrogen and oxygen atoms in total. The molecule has 0 radical (unpaired) electrons. The van der Waals surface area contributed by atoms with Gasteiger partial charge in [0, 0.05) is 31.9 Å². The van der Waals surface area contributed by atoms with Gasteiger partial charge in [-0.25, -0.2) is 14.2 Å². The third-order valence-corrected chi connectivity index (χ3v) is 4.27. The monoisotopic (exact) mass is 355 g/mol. The summed E-state index contributed by atoms with van der Waals surface area (Å²) in [7, 11) is 0. The van der Waals surface area contributed by atoms with E-state index in [0.29, 0.717) is 32.7 Å². The molecule has 3 rings (SSSR count). The van der Waals surface area contributed by atoms with Gasteiger partial charge in [-0.2, -0.15) is 0 Å². The standard InChI is InChI=1S/C19H22FN5O/c20-16-6-8-17(9-7-16)24-10-12-25(13-11-24)19(26)23-18(21)22-14-15-4-2-1-3-5-15/h1-9H,10-14H2,(H3,21,22,23,26).